The van der Waals surface area contributed by atoms with Gasteiger partial charge in [-0.2, -0.15) is 0 Å². The Labute approximate surface area is 117 Å². The molecule has 3 rings (SSSR count). The van der Waals surface area contributed by atoms with Gasteiger partial charge in [-0.05, 0) is 23.3 Å². The van der Waals surface area contributed by atoms with Crippen LogP contribution < -0.4 is 4.74 Å². The summed E-state index contributed by atoms with van der Waals surface area (Å²) in [6.45, 7) is 0.708. The van der Waals surface area contributed by atoms with Crippen molar-refractivity contribution in [1.29, 1.82) is 0 Å². The molecule has 3 heteroatoms. The van der Waals surface area contributed by atoms with E-state index in [1.807, 2.05) is 36.4 Å². The molecule has 0 spiro atoms. The van der Waals surface area contributed by atoms with Gasteiger partial charge in [0.2, 0.25) is 0 Å². The number of benzene rings is 2. The maximum absolute atomic E-state index is 10.4. The van der Waals surface area contributed by atoms with E-state index in [0.29, 0.717) is 18.1 Å². The number of hydrogen-bond donors (Lipinski definition) is 1. The smallest absolute Gasteiger partial charge is 0.128 e. The molecule has 0 aromatic heterocycles. The zero-order valence-corrected chi connectivity index (χ0v) is 11.2. The van der Waals surface area contributed by atoms with E-state index in [0.717, 1.165) is 23.3 Å². The highest BCUT2D eigenvalue weighted by atomic mass is 35.5. The van der Waals surface area contributed by atoms with Gasteiger partial charge in [-0.1, -0.05) is 41.9 Å². The Balaban J connectivity index is 1.83. The van der Waals surface area contributed by atoms with Gasteiger partial charge in [0.15, 0.2) is 0 Å². The van der Waals surface area contributed by atoms with Crippen molar-refractivity contribution in [1.82, 2.24) is 0 Å². The van der Waals surface area contributed by atoms with Crippen molar-refractivity contribution in [3.63, 3.8) is 0 Å². The van der Waals surface area contributed by atoms with Crippen molar-refractivity contribution >= 4 is 11.6 Å². The molecule has 0 radical (unpaired) electrons. The van der Waals surface area contributed by atoms with Crippen LogP contribution in [0.5, 0.6) is 5.75 Å². The molecule has 1 aliphatic rings. The third-order valence-corrected chi connectivity index (χ3v) is 3.70. The number of hydrogen-bond acceptors (Lipinski definition) is 2. The lowest BCUT2D eigenvalue weighted by atomic mass is 9.98. The first-order valence-corrected chi connectivity index (χ1v) is 6.79. The summed E-state index contributed by atoms with van der Waals surface area (Å²) < 4.78 is 5.63. The molecular weight excluding hydrogens is 260 g/mol. The average molecular weight is 275 g/mol. The molecule has 0 aliphatic carbocycles. The third-order valence-electron chi connectivity index (χ3n) is 3.45. The van der Waals surface area contributed by atoms with Crippen LogP contribution >= 0.6 is 11.6 Å². The van der Waals surface area contributed by atoms with Gasteiger partial charge in [0.25, 0.3) is 0 Å². The quantitative estimate of drug-likeness (QED) is 0.927. The fourth-order valence-corrected chi connectivity index (χ4v) is 2.58. The molecule has 19 heavy (non-hydrogen) atoms. The van der Waals surface area contributed by atoms with Crippen LogP contribution in [0.15, 0.2) is 42.5 Å². The van der Waals surface area contributed by atoms with Crippen molar-refractivity contribution in [2.24, 2.45) is 0 Å². The van der Waals surface area contributed by atoms with Crippen LogP contribution in [0.2, 0.25) is 5.02 Å². The predicted molar refractivity (Wildman–Crippen MR) is 75.8 cm³/mol. The van der Waals surface area contributed by atoms with Crippen LogP contribution in [0.25, 0.3) is 0 Å². The largest absolute Gasteiger partial charge is 0.493 e. The molecule has 1 heterocycles. The minimum absolute atomic E-state index is 0.547. The van der Waals surface area contributed by atoms with E-state index < -0.39 is 6.10 Å². The maximum atomic E-state index is 10.4. The lowest BCUT2D eigenvalue weighted by molar-refractivity contribution is 0.173. The standard InChI is InChI=1S/C16H15ClO2/c17-13-6-4-11(5-7-13)10-15(18)14-3-1-2-12-8-9-19-16(12)14/h1-7,15,18H,8-10H2. The van der Waals surface area contributed by atoms with Crippen molar-refractivity contribution < 1.29 is 9.84 Å². The maximum Gasteiger partial charge on any atom is 0.128 e. The van der Waals surface area contributed by atoms with Gasteiger partial charge in [-0.15, -0.1) is 0 Å². The Morgan fingerprint density at radius 2 is 1.95 bits per heavy atom. The van der Waals surface area contributed by atoms with Gasteiger partial charge in [-0.3, -0.25) is 0 Å². The van der Waals surface area contributed by atoms with Gasteiger partial charge < -0.3 is 9.84 Å². The summed E-state index contributed by atoms with van der Waals surface area (Å²) >= 11 is 5.86. The average Bonchev–Trinajstić information content (AvgIpc) is 2.89. The summed E-state index contributed by atoms with van der Waals surface area (Å²) in [5, 5.41) is 11.1. The molecule has 0 saturated heterocycles. The fraction of sp³-hybridized carbons (Fsp3) is 0.250. The summed E-state index contributed by atoms with van der Waals surface area (Å²) in [6, 6.07) is 13.5. The van der Waals surface area contributed by atoms with E-state index in [1.165, 1.54) is 5.56 Å². The number of aliphatic hydroxyl groups is 1. The molecular formula is C16H15ClO2. The second-order valence-corrected chi connectivity index (χ2v) is 5.22. The van der Waals surface area contributed by atoms with Crippen molar-refractivity contribution in [2.75, 3.05) is 6.61 Å². The second-order valence-electron chi connectivity index (χ2n) is 4.78. The highest BCUT2D eigenvalue weighted by Gasteiger charge is 2.20. The summed E-state index contributed by atoms with van der Waals surface area (Å²) in [5.41, 5.74) is 3.13. The Morgan fingerprint density at radius 3 is 2.74 bits per heavy atom. The van der Waals surface area contributed by atoms with E-state index in [4.69, 9.17) is 16.3 Å². The Kier molecular flexibility index (Phi) is 3.45. The van der Waals surface area contributed by atoms with Crippen LogP contribution in [0, 0.1) is 0 Å². The van der Waals surface area contributed by atoms with Crippen molar-refractivity contribution in [2.45, 2.75) is 18.9 Å². The number of para-hydroxylation sites is 1. The lowest BCUT2D eigenvalue weighted by Crippen LogP contribution is -2.03. The number of ether oxygens (including phenoxy) is 1. The summed E-state index contributed by atoms with van der Waals surface area (Å²) in [7, 11) is 0. The van der Waals surface area contributed by atoms with E-state index in [-0.39, 0.29) is 0 Å². The first-order chi connectivity index (χ1) is 9.24. The highest BCUT2D eigenvalue weighted by molar-refractivity contribution is 6.30. The molecule has 98 valence electrons. The summed E-state index contributed by atoms with van der Waals surface area (Å²) in [5.74, 6) is 0.865. The van der Waals surface area contributed by atoms with Crippen LogP contribution in [0.1, 0.15) is 22.8 Å². The molecule has 2 aromatic rings. The normalized spacial score (nSPS) is 14.8. The Morgan fingerprint density at radius 1 is 1.16 bits per heavy atom. The molecule has 0 bridgehead atoms. The minimum Gasteiger partial charge on any atom is -0.493 e. The number of aliphatic hydroxyl groups excluding tert-OH is 1. The zero-order chi connectivity index (χ0) is 13.2. The number of rotatable bonds is 3. The Bertz CT molecular complexity index is 578. The fourth-order valence-electron chi connectivity index (χ4n) is 2.46. The van der Waals surface area contributed by atoms with E-state index in [9.17, 15) is 5.11 Å². The molecule has 1 unspecified atom stereocenters. The summed E-state index contributed by atoms with van der Waals surface area (Å²) in [6.07, 6.45) is 0.947. The van der Waals surface area contributed by atoms with E-state index in [1.54, 1.807) is 0 Å². The second kappa shape index (κ2) is 5.24. The van der Waals surface area contributed by atoms with Gasteiger partial charge in [0, 0.05) is 23.4 Å². The number of fused-ring (bicyclic) bond motifs is 1. The molecule has 1 atom stereocenters. The lowest BCUT2D eigenvalue weighted by Gasteiger charge is -2.14. The minimum atomic E-state index is -0.547. The SMILES string of the molecule is OC(Cc1ccc(Cl)cc1)c1cccc2c1OCC2. The topological polar surface area (TPSA) is 29.5 Å². The first kappa shape index (κ1) is 12.5. The molecule has 1 aliphatic heterocycles. The molecule has 1 N–H and O–H groups in total. The monoisotopic (exact) mass is 274 g/mol. The van der Waals surface area contributed by atoms with Crippen LogP contribution in [-0.2, 0) is 12.8 Å². The van der Waals surface area contributed by atoms with Gasteiger partial charge in [-0.25, -0.2) is 0 Å². The van der Waals surface area contributed by atoms with E-state index >= 15 is 0 Å². The molecule has 0 saturated carbocycles. The van der Waals surface area contributed by atoms with E-state index in [2.05, 4.69) is 6.07 Å². The Hall–Kier alpha value is -1.51. The first-order valence-electron chi connectivity index (χ1n) is 6.41. The van der Waals surface area contributed by atoms with Gasteiger partial charge in [0.05, 0.1) is 12.7 Å². The zero-order valence-electron chi connectivity index (χ0n) is 10.5. The molecule has 0 fully saturated rings. The predicted octanol–water partition coefficient (Wildman–Crippen LogP) is 3.55. The molecule has 2 nitrogen and oxygen atoms in total. The van der Waals surface area contributed by atoms with Crippen molar-refractivity contribution in [3.8, 4) is 5.75 Å². The molecule has 2 aromatic carbocycles. The van der Waals surface area contributed by atoms with Crippen LogP contribution in [0.3, 0.4) is 0 Å². The van der Waals surface area contributed by atoms with Gasteiger partial charge >= 0.3 is 0 Å². The highest BCUT2D eigenvalue weighted by Crippen LogP contribution is 2.34. The van der Waals surface area contributed by atoms with Crippen LogP contribution in [0.4, 0.5) is 0 Å². The summed E-state index contributed by atoms with van der Waals surface area (Å²) in [4.78, 5) is 0. The molecule has 0 amide bonds. The van der Waals surface area contributed by atoms with Crippen LogP contribution in [-0.4, -0.2) is 11.7 Å². The van der Waals surface area contributed by atoms with Crippen molar-refractivity contribution in [3.05, 3.63) is 64.2 Å². The number of halogens is 1. The van der Waals surface area contributed by atoms with Gasteiger partial charge in [0.1, 0.15) is 5.75 Å². The third kappa shape index (κ3) is 2.60.